The van der Waals surface area contributed by atoms with Crippen LogP contribution in [0.2, 0.25) is 0 Å². The average Bonchev–Trinajstić information content (AvgIpc) is 2.72. The molecule has 0 aliphatic carbocycles. The molecule has 6 heteroatoms. The number of amides is 1. The van der Waals surface area contributed by atoms with Gasteiger partial charge in [0.15, 0.2) is 0 Å². The van der Waals surface area contributed by atoms with Crippen molar-refractivity contribution in [2.45, 2.75) is 19.5 Å². The Balaban J connectivity index is 2.27. The van der Waals surface area contributed by atoms with E-state index in [1.165, 1.54) is 0 Å². The second-order valence-electron chi connectivity index (χ2n) is 3.88. The van der Waals surface area contributed by atoms with Gasteiger partial charge in [0.05, 0.1) is 24.7 Å². The van der Waals surface area contributed by atoms with E-state index >= 15 is 0 Å². The first-order valence-corrected chi connectivity index (χ1v) is 5.60. The summed E-state index contributed by atoms with van der Waals surface area (Å²) in [6.45, 7) is 3.52. The summed E-state index contributed by atoms with van der Waals surface area (Å²) in [6, 6.07) is -0.234. The van der Waals surface area contributed by atoms with E-state index in [1.54, 1.807) is 19.6 Å². The third kappa shape index (κ3) is 4.54. The van der Waals surface area contributed by atoms with Gasteiger partial charge >= 0.3 is 0 Å². The molecule has 0 radical (unpaired) electrons. The van der Waals surface area contributed by atoms with E-state index in [2.05, 4.69) is 15.6 Å². The predicted octanol–water partition coefficient (Wildman–Crippen LogP) is -0.339. The molecule has 0 saturated heterocycles. The minimum atomic E-state index is -0.234. The first kappa shape index (κ1) is 13.7. The molecule has 2 N–H and O–H groups in total. The Labute approximate surface area is 101 Å². The lowest BCUT2D eigenvalue weighted by molar-refractivity contribution is -0.123. The van der Waals surface area contributed by atoms with Gasteiger partial charge in [-0.25, -0.2) is 4.98 Å². The quantitative estimate of drug-likeness (QED) is 0.640. The fourth-order valence-electron chi connectivity index (χ4n) is 1.33. The lowest BCUT2D eigenvalue weighted by Gasteiger charge is -2.13. The summed E-state index contributed by atoms with van der Waals surface area (Å²) in [5.74, 6) is -0.0239. The Kier molecular flexibility index (Phi) is 5.65. The molecule has 0 spiro atoms. The van der Waals surface area contributed by atoms with Crippen molar-refractivity contribution in [3.63, 3.8) is 0 Å². The van der Waals surface area contributed by atoms with Crippen molar-refractivity contribution in [2.24, 2.45) is 7.05 Å². The minimum absolute atomic E-state index is 0.0239. The van der Waals surface area contributed by atoms with E-state index < -0.39 is 0 Å². The van der Waals surface area contributed by atoms with E-state index in [4.69, 9.17) is 4.74 Å². The molecule has 0 aromatic carbocycles. The Bertz CT molecular complexity index is 351. The molecule has 17 heavy (non-hydrogen) atoms. The van der Waals surface area contributed by atoms with E-state index in [0.717, 1.165) is 5.69 Å². The van der Waals surface area contributed by atoms with Crippen LogP contribution in [0.15, 0.2) is 12.5 Å². The van der Waals surface area contributed by atoms with Crippen molar-refractivity contribution in [1.82, 2.24) is 20.2 Å². The van der Waals surface area contributed by atoms with Gasteiger partial charge in [-0.05, 0) is 6.92 Å². The topological polar surface area (TPSA) is 68.2 Å². The van der Waals surface area contributed by atoms with Crippen LogP contribution < -0.4 is 10.6 Å². The fraction of sp³-hybridized carbons (Fsp3) is 0.636. The Hall–Kier alpha value is -1.40. The van der Waals surface area contributed by atoms with Crippen molar-refractivity contribution in [1.29, 1.82) is 0 Å². The smallest absolute Gasteiger partial charge is 0.236 e. The van der Waals surface area contributed by atoms with Gasteiger partial charge in [0, 0.05) is 33.4 Å². The number of carbonyl (C=O) groups excluding carboxylic acids is 1. The van der Waals surface area contributed by atoms with Gasteiger partial charge in [-0.3, -0.25) is 4.79 Å². The zero-order valence-electron chi connectivity index (χ0n) is 10.6. The first-order chi connectivity index (χ1) is 8.15. The largest absolute Gasteiger partial charge is 0.383 e. The first-order valence-electron chi connectivity index (χ1n) is 5.60. The Morgan fingerprint density at radius 1 is 1.65 bits per heavy atom. The second kappa shape index (κ2) is 7.03. The van der Waals surface area contributed by atoms with Crippen LogP contribution in [0.25, 0.3) is 0 Å². The van der Waals surface area contributed by atoms with E-state index in [9.17, 15) is 4.79 Å². The van der Waals surface area contributed by atoms with E-state index in [-0.39, 0.29) is 11.9 Å². The number of nitrogens with zero attached hydrogens (tertiary/aromatic N) is 2. The van der Waals surface area contributed by atoms with Crippen LogP contribution in [0.4, 0.5) is 0 Å². The number of aryl methyl sites for hydroxylation is 1. The van der Waals surface area contributed by atoms with Crippen LogP contribution >= 0.6 is 0 Å². The molecule has 1 heterocycles. The van der Waals surface area contributed by atoms with Crippen LogP contribution in [-0.2, 0) is 23.1 Å². The van der Waals surface area contributed by atoms with Gasteiger partial charge in [-0.1, -0.05) is 0 Å². The number of hydrogen-bond acceptors (Lipinski definition) is 4. The molecule has 6 nitrogen and oxygen atoms in total. The standard InChI is InChI=1S/C11H20N4O2/c1-9(11(16)13-4-5-17-3)14-7-10-6-12-8-15(10)2/h6,8-9,14H,4-5,7H2,1-3H3,(H,13,16). The van der Waals surface area contributed by atoms with Crippen molar-refractivity contribution in [3.8, 4) is 0 Å². The average molecular weight is 240 g/mol. The molecule has 1 unspecified atom stereocenters. The SMILES string of the molecule is COCCNC(=O)C(C)NCc1cncn1C. The molecule has 0 saturated carbocycles. The number of hydrogen-bond donors (Lipinski definition) is 2. The highest BCUT2D eigenvalue weighted by atomic mass is 16.5. The maximum atomic E-state index is 11.6. The van der Waals surface area contributed by atoms with Gasteiger partial charge in [-0.2, -0.15) is 0 Å². The zero-order valence-corrected chi connectivity index (χ0v) is 10.6. The molecule has 1 rings (SSSR count). The lowest BCUT2D eigenvalue weighted by atomic mass is 10.3. The van der Waals surface area contributed by atoms with Crippen molar-refractivity contribution in [2.75, 3.05) is 20.3 Å². The predicted molar refractivity (Wildman–Crippen MR) is 64.4 cm³/mol. The van der Waals surface area contributed by atoms with Gasteiger partial charge in [-0.15, -0.1) is 0 Å². The molecule has 1 amide bonds. The molecule has 96 valence electrons. The molecular weight excluding hydrogens is 220 g/mol. The summed E-state index contributed by atoms with van der Waals surface area (Å²) in [5.41, 5.74) is 1.04. The summed E-state index contributed by atoms with van der Waals surface area (Å²) < 4.78 is 6.78. The zero-order chi connectivity index (χ0) is 12.7. The third-order valence-corrected chi connectivity index (χ3v) is 2.50. The van der Waals surface area contributed by atoms with E-state index in [0.29, 0.717) is 19.7 Å². The highest BCUT2D eigenvalue weighted by Crippen LogP contribution is 1.96. The molecular formula is C11H20N4O2. The molecule has 1 atom stereocenters. The molecule has 0 bridgehead atoms. The Morgan fingerprint density at radius 3 is 3.00 bits per heavy atom. The lowest BCUT2D eigenvalue weighted by Crippen LogP contribution is -2.43. The Morgan fingerprint density at radius 2 is 2.41 bits per heavy atom. The van der Waals surface area contributed by atoms with Gasteiger partial charge in [0.2, 0.25) is 5.91 Å². The highest BCUT2D eigenvalue weighted by Gasteiger charge is 2.11. The molecule has 1 aromatic heterocycles. The summed E-state index contributed by atoms with van der Waals surface area (Å²) in [4.78, 5) is 15.6. The van der Waals surface area contributed by atoms with Crippen LogP contribution in [0.5, 0.6) is 0 Å². The van der Waals surface area contributed by atoms with E-state index in [1.807, 2.05) is 18.5 Å². The number of aromatic nitrogens is 2. The number of ether oxygens (including phenoxy) is 1. The van der Waals surface area contributed by atoms with Gasteiger partial charge in [0.25, 0.3) is 0 Å². The number of nitrogens with one attached hydrogen (secondary N) is 2. The van der Waals surface area contributed by atoms with Gasteiger partial charge < -0.3 is 19.9 Å². The maximum absolute atomic E-state index is 11.6. The summed E-state index contributed by atoms with van der Waals surface area (Å²) >= 11 is 0. The summed E-state index contributed by atoms with van der Waals surface area (Å²) in [6.07, 6.45) is 3.52. The summed E-state index contributed by atoms with van der Waals surface area (Å²) in [7, 11) is 3.53. The minimum Gasteiger partial charge on any atom is -0.383 e. The van der Waals surface area contributed by atoms with Crippen molar-refractivity contribution in [3.05, 3.63) is 18.2 Å². The molecule has 1 aromatic rings. The second-order valence-corrected chi connectivity index (χ2v) is 3.88. The molecule has 0 fully saturated rings. The van der Waals surface area contributed by atoms with Crippen LogP contribution in [0, 0.1) is 0 Å². The monoisotopic (exact) mass is 240 g/mol. The molecule has 0 aliphatic rings. The van der Waals surface area contributed by atoms with Crippen LogP contribution in [0.1, 0.15) is 12.6 Å². The number of methoxy groups -OCH3 is 1. The normalized spacial score (nSPS) is 12.4. The summed E-state index contributed by atoms with van der Waals surface area (Å²) in [5, 5.41) is 5.92. The van der Waals surface area contributed by atoms with Crippen molar-refractivity contribution < 1.29 is 9.53 Å². The third-order valence-electron chi connectivity index (χ3n) is 2.50. The highest BCUT2D eigenvalue weighted by molar-refractivity contribution is 5.81. The number of carbonyl (C=O) groups is 1. The molecule has 0 aliphatic heterocycles. The fourth-order valence-corrected chi connectivity index (χ4v) is 1.33. The van der Waals surface area contributed by atoms with Crippen LogP contribution in [0.3, 0.4) is 0 Å². The van der Waals surface area contributed by atoms with Crippen molar-refractivity contribution >= 4 is 5.91 Å². The number of imidazole rings is 1. The van der Waals surface area contributed by atoms with Crippen LogP contribution in [-0.4, -0.2) is 41.8 Å². The maximum Gasteiger partial charge on any atom is 0.236 e. The van der Waals surface area contributed by atoms with Gasteiger partial charge in [0.1, 0.15) is 0 Å². The number of rotatable bonds is 7.